The highest BCUT2D eigenvalue weighted by atomic mass is 32.2. The van der Waals surface area contributed by atoms with Crippen LogP contribution in [0.25, 0.3) is 11.1 Å². The average molecular weight is 423 g/mol. The van der Waals surface area contributed by atoms with Crippen molar-refractivity contribution in [1.82, 2.24) is 8.87 Å². The normalized spacial score (nSPS) is 19.0. The van der Waals surface area contributed by atoms with E-state index in [4.69, 9.17) is 4.42 Å². The van der Waals surface area contributed by atoms with Crippen LogP contribution in [0.3, 0.4) is 0 Å². The quantitative estimate of drug-likeness (QED) is 0.648. The summed E-state index contributed by atoms with van der Waals surface area (Å²) in [5.41, 5.74) is 1.39. The van der Waals surface area contributed by atoms with Crippen LogP contribution in [0.5, 0.6) is 0 Å². The molecule has 28 heavy (non-hydrogen) atoms. The summed E-state index contributed by atoms with van der Waals surface area (Å²) in [6, 6.07) is 11.0. The predicted octanol–water partition coefficient (Wildman–Crippen LogP) is 3.14. The number of hydrogen-bond acceptors (Lipinski definition) is 5. The van der Waals surface area contributed by atoms with Crippen molar-refractivity contribution in [3.05, 3.63) is 64.4 Å². The maximum atomic E-state index is 14.1. The number of thioether (sulfide) groups is 1. The Balaban J connectivity index is 1.61. The molecule has 0 saturated carbocycles. The third-order valence-corrected chi connectivity index (χ3v) is 8.16. The zero-order valence-corrected chi connectivity index (χ0v) is 16.8. The lowest BCUT2D eigenvalue weighted by molar-refractivity contribution is 0.427. The molecular formula is C19H19FN2O4S2. The van der Waals surface area contributed by atoms with Crippen LogP contribution in [0.2, 0.25) is 0 Å². The van der Waals surface area contributed by atoms with Gasteiger partial charge >= 0.3 is 5.76 Å². The van der Waals surface area contributed by atoms with E-state index in [2.05, 4.69) is 0 Å². The first-order chi connectivity index (χ1) is 13.4. The van der Waals surface area contributed by atoms with E-state index in [-0.39, 0.29) is 16.0 Å². The minimum absolute atomic E-state index is 0.0847. The Bertz CT molecular complexity index is 1190. The first-order valence-corrected chi connectivity index (χ1v) is 11.3. The third-order valence-electron chi connectivity index (χ3n) is 4.95. The second kappa shape index (κ2) is 7.38. The van der Waals surface area contributed by atoms with Gasteiger partial charge in [-0.3, -0.25) is 4.57 Å². The van der Waals surface area contributed by atoms with Gasteiger partial charge in [0.1, 0.15) is 5.82 Å². The van der Waals surface area contributed by atoms with Gasteiger partial charge in [-0.1, -0.05) is 18.2 Å². The molecule has 0 radical (unpaired) electrons. The highest BCUT2D eigenvalue weighted by Gasteiger charge is 2.29. The molecule has 0 amide bonds. The maximum Gasteiger partial charge on any atom is 0.419 e. The lowest BCUT2D eigenvalue weighted by Gasteiger charge is -2.20. The molecule has 1 atom stereocenters. The fraction of sp³-hybridized carbons (Fsp3) is 0.316. The Labute approximate surface area is 166 Å². The van der Waals surface area contributed by atoms with Crippen molar-refractivity contribution in [2.24, 2.45) is 7.05 Å². The zero-order chi connectivity index (χ0) is 19.9. The molecule has 2 aromatic carbocycles. The number of aromatic nitrogens is 1. The monoisotopic (exact) mass is 422 g/mol. The molecule has 9 heteroatoms. The van der Waals surface area contributed by atoms with Gasteiger partial charge in [0.15, 0.2) is 5.58 Å². The molecular weight excluding hydrogens is 403 g/mol. The topological polar surface area (TPSA) is 72.5 Å². The summed E-state index contributed by atoms with van der Waals surface area (Å²) in [7, 11) is -2.20. The highest BCUT2D eigenvalue weighted by Crippen LogP contribution is 2.36. The van der Waals surface area contributed by atoms with Crippen molar-refractivity contribution in [2.45, 2.75) is 16.6 Å². The summed E-state index contributed by atoms with van der Waals surface area (Å²) in [4.78, 5) is 11.8. The van der Waals surface area contributed by atoms with Crippen LogP contribution in [0.4, 0.5) is 4.39 Å². The van der Waals surface area contributed by atoms with Gasteiger partial charge in [0, 0.05) is 36.7 Å². The summed E-state index contributed by atoms with van der Waals surface area (Å²) in [5, 5.41) is -0.0847. The number of oxazole rings is 1. The average Bonchev–Trinajstić information content (AvgIpc) is 2.86. The molecule has 0 spiro atoms. The molecule has 1 aliphatic heterocycles. The molecule has 1 aromatic heterocycles. The Morgan fingerprint density at radius 1 is 1.18 bits per heavy atom. The van der Waals surface area contributed by atoms with Crippen LogP contribution < -0.4 is 5.76 Å². The second-order valence-corrected chi connectivity index (χ2v) is 9.88. The van der Waals surface area contributed by atoms with Crippen molar-refractivity contribution in [2.75, 3.05) is 18.8 Å². The van der Waals surface area contributed by atoms with Gasteiger partial charge in [-0.05, 0) is 30.7 Å². The smallest absolute Gasteiger partial charge is 0.408 e. The second-order valence-electron chi connectivity index (χ2n) is 6.63. The fourth-order valence-corrected chi connectivity index (χ4v) is 6.24. The SMILES string of the molecule is Cn1c(=O)oc2ccc(S(=O)(=O)N3CCSC(c4ccccc4F)CC3)cc21. The van der Waals surface area contributed by atoms with Gasteiger partial charge in [-0.2, -0.15) is 16.1 Å². The van der Waals surface area contributed by atoms with Crippen LogP contribution in [-0.4, -0.2) is 36.1 Å². The largest absolute Gasteiger partial charge is 0.419 e. The van der Waals surface area contributed by atoms with Crippen LogP contribution in [-0.2, 0) is 17.1 Å². The summed E-state index contributed by atoms with van der Waals surface area (Å²) in [6.07, 6.45) is 0.525. The van der Waals surface area contributed by atoms with Gasteiger partial charge in [-0.15, -0.1) is 0 Å². The first-order valence-electron chi connectivity index (χ1n) is 8.83. The Morgan fingerprint density at radius 2 is 1.96 bits per heavy atom. The molecule has 2 heterocycles. The van der Waals surface area contributed by atoms with E-state index in [0.29, 0.717) is 41.9 Å². The summed E-state index contributed by atoms with van der Waals surface area (Å²) >= 11 is 1.57. The molecule has 3 aromatic rings. The summed E-state index contributed by atoms with van der Waals surface area (Å²) < 4.78 is 48.2. The zero-order valence-electron chi connectivity index (χ0n) is 15.2. The molecule has 0 aliphatic carbocycles. The molecule has 1 saturated heterocycles. The molecule has 1 fully saturated rings. The van der Waals surface area contributed by atoms with E-state index >= 15 is 0 Å². The fourth-order valence-electron chi connectivity index (χ4n) is 3.39. The van der Waals surface area contributed by atoms with Gasteiger partial charge in [-0.25, -0.2) is 17.6 Å². The number of benzene rings is 2. The number of nitrogens with zero attached hydrogens (tertiary/aromatic N) is 2. The van der Waals surface area contributed by atoms with E-state index in [1.165, 1.54) is 40.2 Å². The Kier molecular flexibility index (Phi) is 5.07. The minimum Gasteiger partial charge on any atom is -0.408 e. The van der Waals surface area contributed by atoms with Crippen molar-refractivity contribution in [3.63, 3.8) is 0 Å². The minimum atomic E-state index is -3.73. The molecule has 0 bridgehead atoms. The highest BCUT2D eigenvalue weighted by molar-refractivity contribution is 7.99. The Hall–Kier alpha value is -2.10. The number of rotatable bonds is 3. The standard InChI is InChI=1S/C19H19FN2O4S2/c1-21-16-12-13(6-7-17(16)26-19(21)23)28(24,25)22-9-8-18(27-11-10-22)14-4-2-3-5-15(14)20/h2-7,12,18H,8-11H2,1H3. The van der Waals surface area contributed by atoms with E-state index in [9.17, 15) is 17.6 Å². The van der Waals surface area contributed by atoms with Crippen LogP contribution >= 0.6 is 11.8 Å². The van der Waals surface area contributed by atoms with Crippen LogP contribution in [0.15, 0.2) is 56.6 Å². The number of aryl methyl sites for hydroxylation is 1. The summed E-state index contributed by atoms with van der Waals surface area (Å²) in [6.45, 7) is 0.650. The van der Waals surface area contributed by atoms with Crippen molar-refractivity contribution < 1.29 is 17.2 Å². The van der Waals surface area contributed by atoms with Crippen molar-refractivity contribution in [1.29, 1.82) is 0 Å². The Morgan fingerprint density at radius 3 is 2.75 bits per heavy atom. The maximum absolute atomic E-state index is 14.1. The van der Waals surface area contributed by atoms with E-state index in [1.807, 2.05) is 0 Å². The molecule has 0 N–H and O–H groups in total. The molecule has 148 valence electrons. The lowest BCUT2D eigenvalue weighted by Crippen LogP contribution is -2.33. The van der Waals surface area contributed by atoms with E-state index in [1.54, 1.807) is 30.0 Å². The van der Waals surface area contributed by atoms with Crippen LogP contribution in [0, 0.1) is 5.82 Å². The van der Waals surface area contributed by atoms with Gasteiger partial charge < -0.3 is 4.42 Å². The molecule has 1 unspecified atom stereocenters. The van der Waals surface area contributed by atoms with E-state index < -0.39 is 15.8 Å². The predicted molar refractivity (Wildman–Crippen MR) is 106 cm³/mol. The van der Waals surface area contributed by atoms with Gasteiger partial charge in [0.05, 0.1) is 10.4 Å². The third kappa shape index (κ3) is 3.38. The number of hydrogen-bond donors (Lipinski definition) is 0. The van der Waals surface area contributed by atoms with E-state index in [0.717, 1.165) is 0 Å². The number of halogens is 1. The van der Waals surface area contributed by atoms with Crippen LogP contribution in [0.1, 0.15) is 17.2 Å². The molecule has 4 rings (SSSR count). The number of fused-ring (bicyclic) bond motifs is 1. The van der Waals surface area contributed by atoms with Crippen molar-refractivity contribution in [3.8, 4) is 0 Å². The van der Waals surface area contributed by atoms with Crippen molar-refractivity contribution >= 4 is 32.9 Å². The van der Waals surface area contributed by atoms with Gasteiger partial charge in [0.25, 0.3) is 0 Å². The molecule has 1 aliphatic rings. The summed E-state index contributed by atoms with van der Waals surface area (Å²) in [5.74, 6) is -0.226. The number of sulfonamides is 1. The lowest BCUT2D eigenvalue weighted by atomic mass is 10.1. The first kappa shape index (κ1) is 19.2. The molecule has 6 nitrogen and oxygen atoms in total. The van der Waals surface area contributed by atoms with Gasteiger partial charge in [0.2, 0.25) is 10.0 Å².